The third-order valence-corrected chi connectivity index (χ3v) is 3.31. The fourth-order valence-electron chi connectivity index (χ4n) is 2.16. The highest BCUT2D eigenvalue weighted by atomic mass is 16.5. The highest BCUT2D eigenvalue weighted by Gasteiger charge is 2.14. The second kappa shape index (κ2) is 6.90. The number of methoxy groups -OCH3 is 1. The van der Waals surface area contributed by atoms with E-state index < -0.39 is 0 Å². The largest absolute Gasteiger partial charge is 0.496 e. The Morgan fingerprint density at radius 2 is 1.90 bits per heavy atom. The predicted octanol–water partition coefficient (Wildman–Crippen LogP) is 2.43. The first-order chi connectivity index (χ1) is 10.2. The first kappa shape index (κ1) is 15.1. The van der Waals surface area contributed by atoms with Crippen LogP contribution in [0.25, 0.3) is 11.1 Å². The lowest BCUT2D eigenvalue weighted by molar-refractivity contribution is 0.0767. The van der Waals surface area contributed by atoms with E-state index in [1.807, 2.05) is 36.4 Å². The molecular formula is C17H19NO3. The molecule has 0 bridgehead atoms. The molecule has 21 heavy (non-hydrogen) atoms. The molecule has 0 atom stereocenters. The molecule has 0 aliphatic heterocycles. The van der Waals surface area contributed by atoms with Crippen LogP contribution in [0.3, 0.4) is 0 Å². The topological polar surface area (TPSA) is 49.8 Å². The Morgan fingerprint density at radius 1 is 1.19 bits per heavy atom. The average molecular weight is 285 g/mol. The maximum Gasteiger partial charge on any atom is 0.253 e. The zero-order chi connectivity index (χ0) is 15.2. The first-order valence-corrected chi connectivity index (χ1v) is 6.77. The van der Waals surface area contributed by atoms with E-state index in [1.165, 1.54) is 4.90 Å². The molecule has 2 rings (SSSR count). The van der Waals surface area contributed by atoms with Gasteiger partial charge in [0.1, 0.15) is 5.75 Å². The van der Waals surface area contributed by atoms with E-state index in [2.05, 4.69) is 0 Å². The number of hydrogen-bond donors (Lipinski definition) is 1. The van der Waals surface area contributed by atoms with E-state index in [4.69, 9.17) is 9.84 Å². The fraction of sp³-hybridized carbons (Fsp3) is 0.235. The van der Waals surface area contributed by atoms with Gasteiger partial charge in [-0.3, -0.25) is 4.79 Å². The number of likely N-dealkylation sites (N-methyl/N-ethyl adjacent to an activating group) is 1. The summed E-state index contributed by atoms with van der Waals surface area (Å²) in [4.78, 5) is 13.8. The van der Waals surface area contributed by atoms with Crippen molar-refractivity contribution in [3.63, 3.8) is 0 Å². The second-order valence-corrected chi connectivity index (χ2v) is 4.73. The SMILES string of the molecule is COc1ccc(C(=O)N(C)CCO)cc1-c1ccccc1. The van der Waals surface area contributed by atoms with Crippen LogP contribution in [-0.4, -0.2) is 43.2 Å². The number of aliphatic hydroxyl groups excluding tert-OH is 1. The van der Waals surface area contributed by atoms with E-state index in [9.17, 15) is 4.79 Å². The van der Waals surface area contributed by atoms with E-state index in [0.29, 0.717) is 12.1 Å². The molecule has 110 valence electrons. The fourth-order valence-corrected chi connectivity index (χ4v) is 2.16. The molecule has 2 aromatic rings. The molecule has 0 saturated carbocycles. The van der Waals surface area contributed by atoms with Crippen LogP contribution in [0, 0.1) is 0 Å². The summed E-state index contributed by atoms with van der Waals surface area (Å²) in [5, 5.41) is 8.93. The van der Waals surface area contributed by atoms with Gasteiger partial charge in [0.05, 0.1) is 13.7 Å². The summed E-state index contributed by atoms with van der Waals surface area (Å²) in [5.74, 6) is 0.603. The molecule has 4 heteroatoms. The third kappa shape index (κ3) is 3.41. The van der Waals surface area contributed by atoms with Gasteiger partial charge in [-0.05, 0) is 23.8 Å². The lowest BCUT2D eigenvalue weighted by atomic mass is 10.0. The van der Waals surface area contributed by atoms with Gasteiger partial charge in [-0.25, -0.2) is 0 Å². The summed E-state index contributed by atoms with van der Waals surface area (Å²) in [6, 6.07) is 15.1. The van der Waals surface area contributed by atoms with Crippen LogP contribution < -0.4 is 4.74 Å². The van der Waals surface area contributed by atoms with Gasteiger partial charge in [0, 0.05) is 24.7 Å². The van der Waals surface area contributed by atoms with E-state index in [1.54, 1.807) is 26.3 Å². The van der Waals surface area contributed by atoms with Gasteiger partial charge in [-0.2, -0.15) is 0 Å². The van der Waals surface area contributed by atoms with Crippen LogP contribution >= 0.6 is 0 Å². The quantitative estimate of drug-likeness (QED) is 0.918. The van der Waals surface area contributed by atoms with Crippen molar-refractivity contribution in [2.45, 2.75) is 0 Å². The van der Waals surface area contributed by atoms with Crippen LogP contribution in [0.2, 0.25) is 0 Å². The van der Waals surface area contributed by atoms with Crippen molar-refractivity contribution in [3.05, 3.63) is 54.1 Å². The summed E-state index contributed by atoms with van der Waals surface area (Å²) in [6.45, 7) is 0.259. The monoisotopic (exact) mass is 285 g/mol. The predicted molar refractivity (Wildman–Crippen MR) is 82.5 cm³/mol. The molecule has 0 fully saturated rings. The van der Waals surface area contributed by atoms with Crippen LogP contribution in [-0.2, 0) is 0 Å². The summed E-state index contributed by atoms with van der Waals surface area (Å²) >= 11 is 0. The zero-order valence-corrected chi connectivity index (χ0v) is 12.2. The molecule has 0 saturated heterocycles. The minimum absolute atomic E-state index is 0.0516. The molecule has 0 unspecified atom stereocenters. The number of amides is 1. The molecular weight excluding hydrogens is 266 g/mol. The number of carbonyl (C=O) groups excluding carboxylic acids is 1. The number of benzene rings is 2. The van der Waals surface area contributed by atoms with E-state index in [0.717, 1.165) is 16.9 Å². The van der Waals surface area contributed by atoms with Crippen molar-refractivity contribution in [1.29, 1.82) is 0 Å². The normalized spacial score (nSPS) is 10.2. The molecule has 1 N–H and O–H groups in total. The Morgan fingerprint density at radius 3 is 2.52 bits per heavy atom. The van der Waals surface area contributed by atoms with Crippen molar-refractivity contribution in [1.82, 2.24) is 4.90 Å². The molecule has 0 radical (unpaired) electrons. The number of ether oxygens (including phenoxy) is 1. The Labute approximate surface area is 124 Å². The Kier molecular flexibility index (Phi) is 4.95. The van der Waals surface area contributed by atoms with Crippen LogP contribution in [0.5, 0.6) is 5.75 Å². The van der Waals surface area contributed by atoms with Gasteiger partial charge in [-0.1, -0.05) is 30.3 Å². The number of hydrogen-bond acceptors (Lipinski definition) is 3. The molecule has 0 heterocycles. The molecule has 0 spiro atoms. The molecule has 0 aromatic heterocycles. The van der Waals surface area contributed by atoms with Crippen molar-refractivity contribution in [2.75, 3.05) is 27.3 Å². The summed E-state index contributed by atoms with van der Waals surface area (Å²) < 4.78 is 5.38. The molecule has 1 amide bonds. The van der Waals surface area contributed by atoms with Crippen LogP contribution in [0.1, 0.15) is 10.4 Å². The summed E-state index contributed by atoms with van der Waals surface area (Å²) in [5.41, 5.74) is 2.45. The lowest BCUT2D eigenvalue weighted by Gasteiger charge is -2.17. The third-order valence-electron chi connectivity index (χ3n) is 3.31. The average Bonchev–Trinajstić information content (AvgIpc) is 2.54. The van der Waals surface area contributed by atoms with E-state index in [-0.39, 0.29) is 12.5 Å². The Hall–Kier alpha value is -2.33. The van der Waals surface area contributed by atoms with Gasteiger partial charge in [0.25, 0.3) is 5.91 Å². The first-order valence-electron chi connectivity index (χ1n) is 6.77. The smallest absolute Gasteiger partial charge is 0.253 e. The maximum absolute atomic E-state index is 12.3. The van der Waals surface area contributed by atoms with Gasteiger partial charge < -0.3 is 14.7 Å². The molecule has 2 aromatic carbocycles. The molecule has 0 aliphatic carbocycles. The number of rotatable bonds is 5. The van der Waals surface area contributed by atoms with Crippen molar-refractivity contribution >= 4 is 5.91 Å². The van der Waals surface area contributed by atoms with Crippen LogP contribution in [0.4, 0.5) is 0 Å². The Balaban J connectivity index is 2.41. The second-order valence-electron chi connectivity index (χ2n) is 4.73. The van der Waals surface area contributed by atoms with Crippen molar-refractivity contribution in [3.8, 4) is 16.9 Å². The lowest BCUT2D eigenvalue weighted by Crippen LogP contribution is -2.29. The molecule has 4 nitrogen and oxygen atoms in total. The zero-order valence-electron chi connectivity index (χ0n) is 12.2. The van der Waals surface area contributed by atoms with Crippen molar-refractivity contribution < 1.29 is 14.6 Å². The Bertz CT molecular complexity index is 611. The van der Waals surface area contributed by atoms with Gasteiger partial charge in [0.2, 0.25) is 0 Å². The number of nitrogens with zero attached hydrogens (tertiary/aromatic N) is 1. The minimum atomic E-state index is -0.121. The van der Waals surface area contributed by atoms with Gasteiger partial charge >= 0.3 is 0 Å². The highest BCUT2D eigenvalue weighted by Crippen LogP contribution is 2.31. The van der Waals surface area contributed by atoms with Crippen LogP contribution in [0.15, 0.2) is 48.5 Å². The van der Waals surface area contributed by atoms with Crippen molar-refractivity contribution in [2.24, 2.45) is 0 Å². The number of aliphatic hydroxyl groups is 1. The standard InChI is InChI=1S/C17H19NO3/c1-18(10-11-19)17(20)14-8-9-16(21-2)15(12-14)13-6-4-3-5-7-13/h3-9,12,19H,10-11H2,1-2H3. The highest BCUT2D eigenvalue weighted by molar-refractivity contribution is 5.96. The van der Waals surface area contributed by atoms with Gasteiger partial charge in [0.15, 0.2) is 0 Å². The minimum Gasteiger partial charge on any atom is -0.496 e. The summed E-state index contributed by atoms with van der Waals surface area (Å²) in [6.07, 6.45) is 0. The molecule has 0 aliphatic rings. The van der Waals surface area contributed by atoms with E-state index >= 15 is 0 Å². The van der Waals surface area contributed by atoms with Gasteiger partial charge in [-0.15, -0.1) is 0 Å². The summed E-state index contributed by atoms with van der Waals surface area (Å²) in [7, 11) is 3.28. The maximum atomic E-state index is 12.3. The number of carbonyl (C=O) groups is 1.